The summed E-state index contributed by atoms with van der Waals surface area (Å²) >= 11 is 0. The van der Waals surface area contributed by atoms with Crippen LogP contribution < -0.4 is 5.32 Å². The van der Waals surface area contributed by atoms with Gasteiger partial charge in [-0.05, 0) is 58.8 Å². The molecule has 3 rings (SSSR count). The van der Waals surface area contributed by atoms with Crippen molar-refractivity contribution in [2.75, 3.05) is 13.1 Å². The van der Waals surface area contributed by atoms with Crippen LogP contribution in [0.3, 0.4) is 0 Å². The van der Waals surface area contributed by atoms with Crippen LogP contribution in [-0.2, 0) is 16.8 Å². The Kier molecular flexibility index (Phi) is 5.60. The van der Waals surface area contributed by atoms with Gasteiger partial charge in [-0.15, -0.1) is 0 Å². The number of rotatable bonds is 8. The lowest BCUT2D eigenvalue weighted by molar-refractivity contribution is -0.139. The Labute approximate surface area is 161 Å². The first-order valence-electron chi connectivity index (χ1n) is 10.0. The Morgan fingerprint density at radius 2 is 2.00 bits per heavy atom. The number of hydrogen-bond donors (Lipinski definition) is 2. The minimum absolute atomic E-state index is 0.0715. The molecule has 0 atom stereocenters. The van der Waals surface area contributed by atoms with Gasteiger partial charge in [0.05, 0.1) is 29.5 Å². The molecule has 2 aliphatic carbocycles. The summed E-state index contributed by atoms with van der Waals surface area (Å²) in [6.45, 7) is 9.24. The molecular weight excluding hydrogens is 344 g/mol. The molecule has 2 saturated carbocycles. The van der Waals surface area contributed by atoms with Gasteiger partial charge in [0.1, 0.15) is 0 Å². The number of aliphatic carboxylic acids is 1. The predicted molar refractivity (Wildman–Crippen MR) is 103 cm³/mol. The fourth-order valence-electron chi connectivity index (χ4n) is 3.90. The fourth-order valence-corrected chi connectivity index (χ4v) is 3.90. The smallest absolute Gasteiger partial charge is 0.317 e. The highest BCUT2D eigenvalue weighted by Gasteiger charge is 2.38. The number of carbonyl (C=O) groups is 2. The van der Waals surface area contributed by atoms with Crippen LogP contribution in [0, 0.1) is 5.92 Å². The van der Waals surface area contributed by atoms with Gasteiger partial charge in [-0.2, -0.15) is 5.10 Å². The molecule has 7 heteroatoms. The number of nitrogens with zero attached hydrogens (tertiary/aromatic N) is 3. The van der Waals surface area contributed by atoms with Gasteiger partial charge in [0.2, 0.25) is 0 Å². The maximum atomic E-state index is 12.7. The Bertz CT molecular complexity index is 697. The first-order chi connectivity index (χ1) is 12.7. The molecule has 0 bridgehead atoms. The summed E-state index contributed by atoms with van der Waals surface area (Å²) in [6, 6.07) is 0.371. The van der Waals surface area contributed by atoms with Gasteiger partial charge in [-0.25, -0.2) is 0 Å². The molecule has 150 valence electrons. The molecule has 0 spiro atoms. The molecule has 1 heterocycles. The summed E-state index contributed by atoms with van der Waals surface area (Å²) in [6.07, 6.45) is 6.48. The first kappa shape index (κ1) is 19.9. The average Bonchev–Trinajstić information content (AvgIpc) is 3.22. The number of amides is 1. The van der Waals surface area contributed by atoms with Crippen molar-refractivity contribution in [2.45, 2.75) is 77.4 Å². The molecule has 1 aromatic rings. The normalized spacial score (nSPS) is 22.6. The van der Waals surface area contributed by atoms with E-state index in [9.17, 15) is 9.59 Å². The highest BCUT2D eigenvalue weighted by atomic mass is 16.4. The molecular formula is C20H32N4O3. The lowest BCUT2D eigenvalue weighted by Crippen LogP contribution is -2.55. The maximum absolute atomic E-state index is 12.7. The largest absolute Gasteiger partial charge is 0.480 e. The van der Waals surface area contributed by atoms with Gasteiger partial charge < -0.3 is 10.4 Å². The van der Waals surface area contributed by atoms with Crippen molar-refractivity contribution in [3.63, 3.8) is 0 Å². The molecule has 2 N–H and O–H groups in total. The highest BCUT2D eigenvalue weighted by molar-refractivity contribution is 5.95. The zero-order valence-corrected chi connectivity index (χ0v) is 16.9. The average molecular weight is 377 g/mol. The number of carboxylic acid groups (broad SMARTS) is 1. The molecule has 7 nitrogen and oxygen atoms in total. The molecule has 0 aromatic carbocycles. The van der Waals surface area contributed by atoms with E-state index in [0.717, 1.165) is 31.5 Å². The van der Waals surface area contributed by atoms with E-state index in [1.165, 1.54) is 12.8 Å². The molecule has 0 unspecified atom stereocenters. The van der Waals surface area contributed by atoms with Gasteiger partial charge in [0.25, 0.3) is 5.91 Å². The maximum Gasteiger partial charge on any atom is 0.317 e. The molecule has 1 amide bonds. The highest BCUT2D eigenvalue weighted by Crippen LogP contribution is 2.34. The third-order valence-electron chi connectivity index (χ3n) is 5.58. The Morgan fingerprint density at radius 3 is 2.52 bits per heavy atom. The number of aromatic nitrogens is 2. The van der Waals surface area contributed by atoms with Crippen LogP contribution in [0.1, 0.15) is 69.4 Å². The van der Waals surface area contributed by atoms with Gasteiger partial charge >= 0.3 is 5.97 Å². The topological polar surface area (TPSA) is 87.5 Å². The van der Waals surface area contributed by atoms with E-state index in [2.05, 4.69) is 36.1 Å². The first-order valence-corrected chi connectivity index (χ1v) is 10.0. The van der Waals surface area contributed by atoms with Crippen LogP contribution in [0.5, 0.6) is 0 Å². The standard InChI is InChI=1S/C20H32N4O3/c1-5-17-16(10-21-24(17)20(2,3)4)19(27)22-14-8-15(9-14)23(12-18(25)26)11-13-6-7-13/h10,13-15H,5-9,11-12H2,1-4H3,(H,22,27)(H,25,26). The summed E-state index contributed by atoms with van der Waals surface area (Å²) in [5.74, 6) is -0.184. The lowest BCUT2D eigenvalue weighted by atomic mass is 9.85. The van der Waals surface area contributed by atoms with E-state index in [4.69, 9.17) is 5.11 Å². The van der Waals surface area contributed by atoms with Crippen molar-refractivity contribution in [1.29, 1.82) is 0 Å². The Hall–Kier alpha value is -1.89. The van der Waals surface area contributed by atoms with E-state index in [1.807, 2.05) is 11.6 Å². The van der Waals surface area contributed by atoms with Crippen molar-refractivity contribution >= 4 is 11.9 Å². The van der Waals surface area contributed by atoms with Crippen molar-refractivity contribution in [3.05, 3.63) is 17.5 Å². The monoisotopic (exact) mass is 376 g/mol. The minimum Gasteiger partial charge on any atom is -0.480 e. The van der Waals surface area contributed by atoms with Crippen molar-refractivity contribution in [3.8, 4) is 0 Å². The number of carbonyl (C=O) groups excluding carboxylic acids is 1. The molecule has 1 aromatic heterocycles. The van der Waals surface area contributed by atoms with E-state index in [1.54, 1.807) is 6.20 Å². The molecule has 0 saturated heterocycles. The SMILES string of the molecule is CCc1c(C(=O)NC2CC(N(CC(=O)O)CC3CC3)C2)cnn1C(C)(C)C. The summed E-state index contributed by atoms with van der Waals surface area (Å²) in [5.41, 5.74) is 1.44. The zero-order valence-electron chi connectivity index (χ0n) is 16.9. The van der Waals surface area contributed by atoms with Crippen LogP contribution in [-0.4, -0.2) is 56.8 Å². The third-order valence-corrected chi connectivity index (χ3v) is 5.58. The molecule has 2 fully saturated rings. The quantitative estimate of drug-likeness (QED) is 0.727. The van der Waals surface area contributed by atoms with Crippen LogP contribution in [0.4, 0.5) is 0 Å². The van der Waals surface area contributed by atoms with Crippen molar-refractivity contribution < 1.29 is 14.7 Å². The third kappa shape index (κ3) is 4.69. The molecule has 27 heavy (non-hydrogen) atoms. The lowest BCUT2D eigenvalue weighted by Gasteiger charge is -2.42. The molecule has 0 radical (unpaired) electrons. The second kappa shape index (κ2) is 7.62. The van der Waals surface area contributed by atoms with E-state index in [0.29, 0.717) is 11.5 Å². The number of nitrogens with one attached hydrogen (secondary N) is 1. The van der Waals surface area contributed by atoms with Gasteiger partial charge in [0.15, 0.2) is 0 Å². The van der Waals surface area contributed by atoms with Crippen molar-refractivity contribution in [2.24, 2.45) is 5.92 Å². The van der Waals surface area contributed by atoms with Crippen LogP contribution >= 0.6 is 0 Å². The minimum atomic E-state index is -0.773. The zero-order chi connectivity index (χ0) is 19.8. The predicted octanol–water partition coefficient (Wildman–Crippen LogP) is 2.26. The van der Waals surface area contributed by atoms with E-state index in [-0.39, 0.29) is 30.1 Å². The summed E-state index contributed by atoms with van der Waals surface area (Å²) < 4.78 is 1.93. The summed E-state index contributed by atoms with van der Waals surface area (Å²) in [7, 11) is 0. The Balaban J connectivity index is 1.57. The van der Waals surface area contributed by atoms with Crippen molar-refractivity contribution in [1.82, 2.24) is 20.0 Å². The number of hydrogen-bond acceptors (Lipinski definition) is 4. The summed E-state index contributed by atoms with van der Waals surface area (Å²) in [5, 5.41) is 16.7. The second-order valence-corrected chi connectivity index (χ2v) is 9.00. The molecule has 2 aliphatic rings. The van der Waals surface area contributed by atoms with Crippen LogP contribution in [0.15, 0.2) is 6.20 Å². The van der Waals surface area contributed by atoms with Gasteiger partial charge in [-0.1, -0.05) is 6.92 Å². The van der Waals surface area contributed by atoms with E-state index >= 15 is 0 Å². The summed E-state index contributed by atoms with van der Waals surface area (Å²) in [4.78, 5) is 26.0. The second-order valence-electron chi connectivity index (χ2n) is 9.00. The van der Waals surface area contributed by atoms with Gasteiger partial charge in [-0.3, -0.25) is 19.2 Å². The van der Waals surface area contributed by atoms with Gasteiger partial charge in [0, 0.05) is 18.6 Å². The van der Waals surface area contributed by atoms with E-state index < -0.39 is 5.97 Å². The van der Waals surface area contributed by atoms with Crippen LogP contribution in [0.2, 0.25) is 0 Å². The Morgan fingerprint density at radius 1 is 1.33 bits per heavy atom. The number of carboxylic acids is 1. The van der Waals surface area contributed by atoms with Crippen LogP contribution in [0.25, 0.3) is 0 Å². The fraction of sp³-hybridized carbons (Fsp3) is 0.750. The molecule has 0 aliphatic heterocycles.